The summed E-state index contributed by atoms with van der Waals surface area (Å²) in [5, 5.41) is 1.63. The summed E-state index contributed by atoms with van der Waals surface area (Å²) in [6, 6.07) is 13.5. The lowest BCUT2D eigenvalue weighted by atomic mass is 10.0. The van der Waals surface area contributed by atoms with Crippen molar-refractivity contribution in [2.45, 2.75) is 46.5 Å². The Kier molecular flexibility index (Phi) is 10.4. The quantitative estimate of drug-likeness (QED) is 0.211. The van der Waals surface area contributed by atoms with E-state index in [9.17, 15) is 21.9 Å². The second-order valence-electron chi connectivity index (χ2n) is 9.80. The monoisotopic (exact) mass is 620 g/mol. The van der Waals surface area contributed by atoms with Crippen LogP contribution in [0.2, 0.25) is 0 Å². The number of nitrogens with zero attached hydrogens (tertiary/aromatic N) is 2. The minimum atomic E-state index is -4.75. The van der Waals surface area contributed by atoms with Gasteiger partial charge in [-0.05, 0) is 57.9 Å². The van der Waals surface area contributed by atoms with E-state index < -0.39 is 17.6 Å². The van der Waals surface area contributed by atoms with Crippen LogP contribution in [-0.2, 0) is 17.7 Å². The zero-order valence-electron chi connectivity index (χ0n) is 21.2. The zero-order valence-corrected chi connectivity index (χ0v) is 24.4. The van der Waals surface area contributed by atoms with Gasteiger partial charge in [0, 0.05) is 29.2 Å². The Labute approximate surface area is 231 Å². The highest BCUT2D eigenvalue weighted by Gasteiger charge is 2.31. The molecule has 37 heavy (non-hydrogen) atoms. The maximum Gasteiger partial charge on any atom is 0.573 e. The van der Waals surface area contributed by atoms with Crippen LogP contribution in [-0.4, -0.2) is 45.7 Å². The minimum Gasteiger partial charge on any atom is -0.406 e. The third-order valence-electron chi connectivity index (χ3n) is 5.65. The van der Waals surface area contributed by atoms with Crippen LogP contribution in [0, 0.1) is 11.8 Å². The lowest BCUT2D eigenvalue weighted by molar-refractivity contribution is -0.274. The number of hydrogen-bond acceptors (Lipinski definition) is 4. The number of anilines is 1. The van der Waals surface area contributed by atoms with E-state index in [2.05, 4.69) is 53.3 Å². The van der Waals surface area contributed by atoms with Gasteiger partial charge in [0.15, 0.2) is 0 Å². The van der Waals surface area contributed by atoms with E-state index >= 15 is 0 Å². The number of thiophene rings is 1. The molecule has 2 aromatic carbocycles. The fourth-order valence-electron chi connectivity index (χ4n) is 4.29. The lowest BCUT2D eigenvalue weighted by Crippen LogP contribution is -2.48. The van der Waals surface area contributed by atoms with Gasteiger partial charge in [0.2, 0.25) is 0 Å². The van der Waals surface area contributed by atoms with Crippen LogP contribution in [0.15, 0.2) is 53.0 Å². The van der Waals surface area contributed by atoms with Gasteiger partial charge in [-0.3, -0.25) is 13.8 Å². The van der Waals surface area contributed by atoms with Crippen molar-refractivity contribution in [1.29, 1.82) is 0 Å². The maximum atomic E-state index is 12.6. The highest BCUT2D eigenvalue weighted by Crippen LogP contribution is 2.42. The van der Waals surface area contributed by atoms with Crippen molar-refractivity contribution in [2.75, 3.05) is 23.9 Å². The number of rotatable bonds is 12. The molecule has 0 aliphatic rings. The van der Waals surface area contributed by atoms with Crippen LogP contribution >= 0.6 is 27.3 Å². The highest BCUT2D eigenvalue weighted by atomic mass is 79.9. The van der Waals surface area contributed by atoms with Crippen LogP contribution in [0.5, 0.6) is 5.75 Å². The van der Waals surface area contributed by atoms with Crippen molar-refractivity contribution in [1.82, 2.24) is 4.90 Å². The molecule has 2 atom stereocenters. The van der Waals surface area contributed by atoms with Crippen LogP contribution < -0.4 is 9.04 Å². The molecule has 0 saturated heterocycles. The summed E-state index contributed by atoms with van der Waals surface area (Å²) in [6.07, 6.45) is -4.26. The topological polar surface area (TPSA) is 53.0 Å². The molecule has 1 heterocycles. The predicted octanol–water partition coefficient (Wildman–Crippen LogP) is 7.73. The van der Waals surface area contributed by atoms with Crippen molar-refractivity contribution in [2.24, 2.45) is 11.8 Å². The van der Waals surface area contributed by atoms with Crippen LogP contribution in [0.25, 0.3) is 10.1 Å². The van der Waals surface area contributed by atoms with E-state index in [1.54, 1.807) is 12.1 Å². The van der Waals surface area contributed by atoms with Gasteiger partial charge >= 0.3 is 6.36 Å². The molecule has 0 aliphatic heterocycles. The molecule has 1 N–H and O–H groups in total. The standard InChI is InChI=1S/C26H32BrF3N2O3S2/c1-17(2)14-31(15-18(3)4)20(13-19-9-11-21(12-10-19)35-26(28,29)30)16-32(37(33)34)25-24(27)22-7-5-6-8-23(22)36-25/h5-12,17-18,20H,13-16H2,1-4H3,(H,33,34). The molecule has 11 heteroatoms. The Morgan fingerprint density at radius 2 is 1.59 bits per heavy atom. The van der Waals surface area contributed by atoms with E-state index in [4.69, 9.17) is 0 Å². The Hall–Kier alpha value is -1.66. The van der Waals surface area contributed by atoms with Gasteiger partial charge in [-0.2, -0.15) is 0 Å². The molecule has 5 nitrogen and oxygen atoms in total. The van der Waals surface area contributed by atoms with Gasteiger partial charge in [-0.15, -0.1) is 24.5 Å². The summed E-state index contributed by atoms with van der Waals surface area (Å²) in [7, 11) is 0. The Balaban J connectivity index is 1.96. The fraction of sp³-hybridized carbons (Fsp3) is 0.462. The summed E-state index contributed by atoms with van der Waals surface area (Å²) in [5.41, 5.74) is 0.816. The molecule has 0 radical (unpaired) electrons. The van der Waals surface area contributed by atoms with Crippen LogP contribution in [0.3, 0.4) is 0 Å². The summed E-state index contributed by atoms with van der Waals surface area (Å²) >= 11 is 2.79. The number of ether oxygens (including phenoxy) is 1. The van der Waals surface area contributed by atoms with Crippen molar-refractivity contribution in [3.8, 4) is 5.75 Å². The summed E-state index contributed by atoms with van der Waals surface area (Å²) < 4.78 is 68.1. The molecule has 0 aliphatic carbocycles. The second-order valence-corrected chi connectivity index (χ2v) is 12.5. The van der Waals surface area contributed by atoms with Gasteiger partial charge in [0.25, 0.3) is 11.3 Å². The number of benzene rings is 2. The molecule has 3 rings (SSSR count). The van der Waals surface area contributed by atoms with Gasteiger partial charge in [-0.1, -0.05) is 58.0 Å². The molecule has 2 unspecified atom stereocenters. The highest BCUT2D eigenvalue weighted by molar-refractivity contribution is 9.10. The molecule has 1 aromatic heterocycles. The Morgan fingerprint density at radius 1 is 1.00 bits per heavy atom. The van der Waals surface area contributed by atoms with Crippen molar-refractivity contribution >= 4 is 53.6 Å². The summed E-state index contributed by atoms with van der Waals surface area (Å²) in [4.78, 5) is 2.32. The first-order valence-electron chi connectivity index (χ1n) is 12.0. The maximum absolute atomic E-state index is 12.6. The lowest BCUT2D eigenvalue weighted by Gasteiger charge is -2.37. The average molecular weight is 622 g/mol. The van der Waals surface area contributed by atoms with Crippen molar-refractivity contribution in [3.63, 3.8) is 0 Å². The minimum absolute atomic E-state index is 0.174. The number of hydrogen-bond donors (Lipinski definition) is 1. The van der Waals surface area contributed by atoms with Crippen molar-refractivity contribution < 1.29 is 26.7 Å². The predicted molar refractivity (Wildman–Crippen MR) is 150 cm³/mol. The molecule has 0 spiro atoms. The molecule has 3 aromatic rings. The normalized spacial score (nSPS) is 14.1. The first kappa shape index (κ1) is 29.9. The molecule has 0 bridgehead atoms. The van der Waals surface area contributed by atoms with E-state index in [1.165, 1.54) is 27.8 Å². The number of fused-ring (bicyclic) bond motifs is 1. The Bertz CT molecular complexity index is 1180. The molecular formula is C26H32BrF3N2O3S2. The first-order chi connectivity index (χ1) is 17.3. The summed E-state index contributed by atoms with van der Waals surface area (Å²) in [6.45, 7) is 10.3. The van der Waals surface area contributed by atoms with E-state index in [0.29, 0.717) is 23.3 Å². The smallest absolute Gasteiger partial charge is 0.406 e. The molecule has 0 saturated carbocycles. The molecule has 204 valence electrons. The van der Waals surface area contributed by atoms with Crippen LogP contribution in [0.1, 0.15) is 33.3 Å². The second kappa shape index (κ2) is 12.9. The van der Waals surface area contributed by atoms with Crippen molar-refractivity contribution in [3.05, 3.63) is 58.6 Å². The van der Waals surface area contributed by atoms with Gasteiger partial charge in [0.05, 0.1) is 11.0 Å². The summed E-state index contributed by atoms with van der Waals surface area (Å²) in [5.74, 6) is 0.433. The fourth-order valence-corrected chi connectivity index (χ4v) is 7.19. The van der Waals surface area contributed by atoms with Gasteiger partial charge in [-0.25, -0.2) is 4.21 Å². The molecule has 0 amide bonds. The SMILES string of the molecule is CC(C)CN(CC(C)C)C(Cc1ccc(OC(F)(F)F)cc1)CN(c1sc2ccccc2c1Br)S(=O)O. The largest absolute Gasteiger partial charge is 0.573 e. The van der Waals surface area contributed by atoms with E-state index in [0.717, 1.165) is 33.2 Å². The average Bonchev–Trinajstić information content (AvgIpc) is 3.11. The van der Waals surface area contributed by atoms with E-state index in [1.807, 2.05) is 24.3 Å². The first-order valence-corrected chi connectivity index (χ1v) is 14.7. The van der Waals surface area contributed by atoms with Gasteiger partial charge in [0.1, 0.15) is 10.8 Å². The number of alkyl halides is 3. The van der Waals surface area contributed by atoms with Gasteiger partial charge < -0.3 is 4.74 Å². The van der Waals surface area contributed by atoms with E-state index in [-0.39, 0.29) is 18.3 Å². The molecule has 0 fully saturated rings. The number of halogens is 4. The third-order valence-corrected chi connectivity index (χ3v) is 8.74. The van der Waals surface area contributed by atoms with Crippen LogP contribution in [0.4, 0.5) is 18.2 Å². The third kappa shape index (κ3) is 8.68. The Morgan fingerprint density at radius 3 is 2.11 bits per heavy atom. The molecular weight excluding hydrogens is 589 g/mol. The zero-order chi connectivity index (χ0) is 27.3.